The first-order chi connectivity index (χ1) is 11.5. The molecule has 0 unspecified atom stereocenters. The van der Waals surface area contributed by atoms with Crippen LogP contribution in [0.2, 0.25) is 0 Å². The van der Waals surface area contributed by atoms with E-state index >= 15 is 0 Å². The number of anilines is 1. The number of hydrogen-bond donors (Lipinski definition) is 1. The molecule has 1 N–H and O–H groups in total. The Hall–Kier alpha value is -2.18. The predicted octanol–water partition coefficient (Wildman–Crippen LogP) is 1.14. The molecule has 7 nitrogen and oxygen atoms in total. The van der Waals surface area contributed by atoms with E-state index < -0.39 is 0 Å². The van der Waals surface area contributed by atoms with Gasteiger partial charge in [-0.1, -0.05) is 0 Å². The minimum absolute atomic E-state index is 0.0996. The maximum atomic E-state index is 12.7. The standard InChI is InChI=1S/C17H25N5O2/c1-12(2)22-11-13(10-16(22)23)17(24)21-8-5-14(6-9-21)19-15-4-3-7-18-20-15/h3-4,7,12-14H,5-6,8-11H2,1-2H3,(H,19,20)/t13-/m1/s1. The molecule has 2 aliphatic heterocycles. The van der Waals surface area contributed by atoms with Crippen LogP contribution < -0.4 is 5.32 Å². The molecule has 1 aromatic rings. The van der Waals surface area contributed by atoms with Crippen molar-refractivity contribution >= 4 is 17.6 Å². The highest BCUT2D eigenvalue weighted by atomic mass is 16.2. The highest BCUT2D eigenvalue weighted by Gasteiger charge is 2.38. The molecule has 1 aromatic heterocycles. The van der Waals surface area contributed by atoms with Crippen molar-refractivity contribution in [2.75, 3.05) is 25.0 Å². The van der Waals surface area contributed by atoms with Crippen LogP contribution in [-0.4, -0.2) is 63.5 Å². The Balaban J connectivity index is 1.50. The molecule has 130 valence electrons. The van der Waals surface area contributed by atoms with Gasteiger partial charge in [0.15, 0.2) is 0 Å². The van der Waals surface area contributed by atoms with Gasteiger partial charge in [0.2, 0.25) is 11.8 Å². The van der Waals surface area contributed by atoms with Gasteiger partial charge in [-0.3, -0.25) is 9.59 Å². The zero-order valence-corrected chi connectivity index (χ0v) is 14.3. The third kappa shape index (κ3) is 3.66. The van der Waals surface area contributed by atoms with E-state index in [1.54, 1.807) is 6.20 Å². The Morgan fingerprint density at radius 3 is 2.67 bits per heavy atom. The minimum Gasteiger partial charge on any atom is -0.366 e. The number of carbonyl (C=O) groups excluding carboxylic acids is 2. The number of piperidine rings is 1. The van der Waals surface area contributed by atoms with Crippen LogP contribution in [0.25, 0.3) is 0 Å². The molecular formula is C17H25N5O2. The number of rotatable bonds is 4. The highest BCUT2D eigenvalue weighted by molar-refractivity contribution is 5.89. The number of hydrogen-bond acceptors (Lipinski definition) is 5. The third-order valence-electron chi connectivity index (χ3n) is 4.86. The van der Waals surface area contributed by atoms with Crippen LogP contribution in [0, 0.1) is 5.92 Å². The molecule has 0 spiro atoms. The van der Waals surface area contributed by atoms with Crippen molar-refractivity contribution < 1.29 is 9.59 Å². The average molecular weight is 331 g/mol. The van der Waals surface area contributed by atoms with Crippen LogP contribution in [0.5, 0.6) is 0 Å². The molecule has 0 bridgehead atoms. The second-order valence-corrected chi connectivity index (χ2v) is 6.89. The second kappa shape index (κ2) is 7.15. The van der Waals surface area contributed by atoms with Gasteiger partial charge in [-0.05, 0) is 38.8 Å². The van der Waals surface area contributed by atoms with Crippen molar-refractivity contribution in [1.29, 1.82) is 0 Å². The van der Waals surface area contributed by atoms with Gasteiger partial charge < -0.3 is 15.1 Å². The Labute approximate surface area is 142 Å². The summed E-state index contributed by atoms with van der Waals surface area (Å²) in [6.07, 6.45) is 3.78. The molecule has 2 amide bonds. The molecule has 2 aliphatic rings. The van der Waals surface area contributed by atoms with Gasteiger partial charge in [0.25, 0.3) is 0 Å². The molecule has 0 aromatic carbocycles. The van der Waals surface area contributed by atoms with Gasteiger partial charge in [-0.25, -0.2) is 0 Å². The number of aromatic nitrogens is 2. The van der Waals surface area contributed by atoms with Crippen molar-refractivity contribution in [2.24, 2.45) is 5.92 Å². The van der Waals surface area contributed by atoms with E-state index in [4.69, 9.17) is 0 Å². The monoisotopic (exact) mass is 331 g/mol. The normalized spacial score (nSPS) is 22.3. The largest absolute Gasteiger partial charge is 0.366 e. The summed E-state index contributed by atoms with van der Waals surface area (Å²) < 4.78 is 0. The summed E-state index contributed by atoms with van der Waals surface area (Å²) in [5.41, 5.74) is 0. The average Bonchev–Trinajstić information content (AvgIpc) is 2.98. The lowest BCUT2D eigenvalue weighted by Crippen LogP contribution is -2.45. The molecule has 24 heavy (non-hydrogen) atoms. The van der Waals surface area contributed by atoms with Gasteiger partial charge in [0.05, 0.1) is 5.92 Å². The molecule has 2 saturated heterocycles. The van der Waals surface area contributed by atoms with Crippen molar-refractivity contribution in [2.45, 2.75) is 45.2 Å². The van der Waals surface area contributed by atoms with Crippen LogP contribution in [0.1, 0.15) is 33.1 Å². The van der Waals surface area contributed by atoms with Gasteiger partial charge in [-0.15, -0.1) is 5.10 Å². The van der Waals surface area contributed by atoms with Crippen molar-refractivity contribution in [1.82, 2.24) is 20.0 Å². The number of nitrogens with zero attached hydrogens (tertiary/aromatic N) is 4. The van der Waals surface area contributed by atoms with E-state index in [0.29, 0.717) is 19.0 Å². The highest BCUT2D eigenvalue weighted by Crippen LogP contribution is 2.24. The summed E-state index contributed by atoms with van der Waals surface area (Å²) >= 11 is 0. The van der Waals surface area contributed by atoms with Gasteiger partial charge in [0.1, 0.15) is 5.82 Å². The smallest absolute Gasteiger partial charge is 0.227 e. The summed E-state index contributed by atoms with van der Waals surface area (Å²) in [5.74, 6) is 0.827. The van der Waals surface area contributed by atoms with E-state index in [1.807, 2.05) is 35.8 Å². The fraction of sp³-hybridized carbons (Fsp3) is 0.647. The molecular weight excluding hydrogens is 306 g/mol. The van der Waals surface area contributed by atoms with Gasteiger partial charge in [0, 0.05) is 44.3 Å². The summed E-state index contributed by atoms with van der Waals surface area (Å²) in [4.78, 5) is 28.4. The lowest BCUT2D eigenvalue weighted by molar-refractivity contribution is -0.136. The van der Waals surface area contributed by atoms with Gasteiger partial charge >= 0.3 is 0 Å². The summed E-state index contributed by atoms with van der Waals surface area (Å²) in [7, 11) is 0. The van der Waals surface area contributed by atoms with Crippen LogP contribution in [0.4, 0.5) is 5.82 Å². The topological polar surface area (TPSA) is 78.4 Å². The quantitative estimate of drug-likeness (QED) is 0.895. The fourth-order valence-corrected chi connectivity index (χ4v) is 3.49. The van der Waals surface area contributed by atoms with E-state index in [0.717, 1.165) is 31.7 Å². The van der Waals surface area contributed by atoms with E-state index in [2.05, 4.69) is 15.5 Å². The molecule has 3 heterocycles. The van der Waals surface area contributed by atoms with Crippen LogP contribution >= 0.6 is 0 Å². The summed E-state index contributed by atoms with van der Waals surface area (Å²) in [6, 6.07) is 4.22. The Kier molecular flexibility index (Phi) is 4.97. The molecule has 0 radical (unpaired) electrons. The van der Waals surface area contributed by atoms with Crippen LogP contribution in [0.3, 0.4) is 0 Å². The first-order valence-corrected chi connectivity index (χ1v) is 8.67. The van der Waals surface area contributed by atoms with E-state index in [1.165, 1.54) is 0 Å². The molecule has 1 atom stereocenters. The molecule has 2 fully saturated rings. The van der Waals surface area contributed by atoms with E-state index in [9.17, 15) is 9.59 Å². The van der Waals surface area contributed by atoms with Crippen molar-refractivity contribution in [3.63, 3.8) is 0 Å². The zero-order chi connectivity index (χ0) is 17.1. The maximum absolute atomic E-state index is 12.7. The molecule has 0 saturated carbocycles. The molecule has 0 aliphatic carbocycles. The van der Waals surface area contributed by atoms with Crippen LogP contribution in [0.15, 0.2) is 18.3 Å². The molecule has 3 rings (SSSR count). The van der Waals surface area contributed by atoms with Crippen molar-refractivity contribution in [3.8, 4) is 0 Å². The van der Waals surface area contributed by atoms with Crippen LogP contribution in [-0.2, 0) is 9.59 Å². The second-order valence-electron chi connectivity index (χ2n) is 6.89. The Bertz CT molecular complexity index is 584. The first kappa shape index (κ1) is 16.7. The summed E-state index contributed by atoms with van der Waals surface area (Å²) in [5, 5.41) is 11.3. The number of amides is 2. The predicted molar refractivity (Wildman–Crippen MR) is 90.2 cm³/mol. The third-order valence-corrected chi connectivity index (χ3v) is 4.86. The first-order valence-electron chi connectivity index (χ1n) is 8.67. The number of likely N-dealkylation sites (tertiary alicyclic amines) is 2. The zero-order valence-electron chi connectivity index (χ0n) is 14.3. The maximum Gasteiger partial charge on any atom is 0.227 e. The lowest BCUT2D eigenvalue weighted by atomic mass is 10.0. The Morgan fingerprint density at radius 2 is 2.08 bits per heavy atom. The van der Waals surface area contributed by atoms with Crippen molar-refractivity contribution in [3.05, 3.63) is 18.3 Å². The van der Waals surface area contributed by atoms with Gasteiger partial charge in [-0.2, -0.15) is 5.10 Å². The van der Waals surface area contributed by atoms with E-state index in [-0.39, 0.29) is 23.8 Å². The SMILES string of the molecule is CC(C)N1C[C@H](C(=O)N2CCC(Nc3cccnn3)CC2)CC1=O. The fourth-order valence-electron chi connectivity index (χ4n) is 3.49. The molecule has 7 heteroatoms. The Morgan fingerprint density at radius 1 is 1.33 bits per heavy atom. The number of carbonyl (C=O) groups is 2. The minimum atomic E-state index is -0.176. The number of nitrogens with one attached hydrogen (secondary N) is 1. The summed E-state index contributed by atoms with van der Waals surface area (Å²) in [6.45, 7) is 6.00. The lowest BCUT2D eigenvalue weighted by Gasteiger charge is -2.34.